The van der Waals surface area contributed by atoms with E-state index in [0.717, 1.165) is 6.21 Å². The number of amides is 2. The van der Waals surface area contributed by atoms with Crippen LogP contribution in [-0.2, 0) is 0 Å². The number of ether oxygens (including phenoxy) is 1. The number of methoxy groups -OCH3 is 1. The van der Waals surface area contributed by atoms with E-state index in [0.29, 0.717) is 11.4 Å². The molecule has 1 aromatic carbocycles. The molecular weight excluding hydrogens is 312 g/mol. The van der Waals surface area contributed by atoms with Crippen LogP contribution in [0.5, 0.6) is 11.6 Å². The Hall–Kier alpha value is -3.60. The summed E-state index contributed by atoms with van der Waals surface area (Å²) in [5.41, 5.74) is -0.00833. The number of aromatic nitrogens is 1. The highest BCUT2D eigenvalue weighted by Gasteiger charge is 2.12. The summed E-state index contributed by atoms with van der Waals surface area (Å²) in [6.07, 6.45) is 1.08. The number of aromatic amines is 1. The summed E-state index contributed by atoms with van der Waals surface area (Å²) in [5, 5.41) is 21.2. The van der Waals surface area contributed by atoms with Gasteiger partial charge in [0.15, 0.2) is 0 Å². The Morgan fingerprint density at radius 2 is 2.08 bits per heavy atom. The number of H-pyrrole nitrogens is 1. The molecule has 2 amide bonds. The number of nitrogens with one attached hydrogen (secondary N) is 2. The number of hydrogen-bond donors (Lipinski definition) is 3. The van der Waals surface area contributed by atoms with E-state index in [-0.39, 0.29) is 16.7 Å². The van der Waals surface area contributed by atoms with Crippen molar-refractivity contribution in [3.63, 3.8) is 0 Å². The molecule has 0 bridgehead atoms. The van der Waals surface area contributed by atoms with Crippen LogP contribution in [0, 0.1) is 18.3 Å². The number of aromatic hydroxyl groups is 1. The van der Waals surface area contributed by atoms with E-state index in [9.17, 15) is 14.7 Å². The van der Waals surface area contributed by atoms with E-state index in [1.807, 2.05) is 0 Å². The van der Waals surface area contributed by atoms with Gasteiger partial charge in [-0.2, -0.15) is 5.26 Å². The highest BCUT2D eigenvalue weighted by Crippen LogP contribution is 2.17. The predicted molar refractivity (Wildman–Crippen MR) is 87.8 cm³/mol. The minimum Gasteiger partial charge on any atom is -0.497 e. The molecule has 0 atom stereocenters. The number of hydrogen-bond acceptors (Lipinski definition) is 5. The van der Waals surface area contributed by atoms with E-state index in [2.05, 4.69) is 15.3 Å². The summed E-state index contributed by atoms with van der Waals surface area (Å²) in [5.74, 6) is 0.187. The maximum Gasteiger partial charge on any atom is 0.345 e. The van der Waals surface area contributed by atoms with Gasteiger partial charge >= 0.3 is 6.03 Å². The van der Waals surface area contributed by atoms with Gasteiger partial charge in [-0.25, -0.2) is 9.79 Å². The number of anilines is 1. The zero-order valence-corrected chi connectivity index (χ0v) is 13.0. The highest BCUT2D eigenvalue weighted by atomic mass is 16.5. The third-order valence-electron chi connectivity index (χ3n) is 3.26. The molecular formula is C16H14N4O4. The maximum absolute atomic E-state index is 11.8. The quantitative estimate of drug-likeness (QED) is 0.742. The molecule has 2 aromatic rings. The molecule has 1 heterocycles. The molecule has 3 N–H and O–H groups in total. The Morgan fingerprint density at radius 3 is 2.67 bits per heavy atom. The highest BCUT2D eigenvalue weighted by molar-refractivity contribution is 5.99. The monoisotopic (exact) mass is 326 g/mol. The van der Waals surface area contributed by atoms with Gasteiger partial charge in [-0.3, -0.25) is 9.78 Å². The SMILES string of the molecule is COc1ccc(NC(=O)/N=C/c2c(O)[nH]c(=O)c(C#N)c2C)cc1. The molecule has 122 valence electrons. The van der Waals surface area contributed by atoms with Crippen molar-refractivity contribution in [2.24, 2.45) is 4.99 Å². The summed E-state index contributed by atoms with van der Waals surface area (Å²) in [6, 6.07) is 7.70. The zero-order chi connectivity index (χ0) is 17.7. The Kier molecular flexibility index (Phi) is 4.96. The van der Waals surface area contributed by atoms with E-state index < -0.39 is 17.5 Å². The number of pyridine rings is 1. The van der Waals surface area contributed by atoms with Gasteiger partial charge in [-0.1, -0.05) is 0 Å². The second-order valence-corrected chi connectivity index (χ2v) is 4.75. The van der Waals surface area contributed by atoms with E-state index in [1.165, 1.54) is 14.0 Å². The molecule has 0 saturated heterocycles. The smallest absolute Gasteiger partial charge is 0.345 e. The van der Waals surface area contributed by atoms with Crippen molar-refractivity contribution in [3.05, 3.63) is 51.3 Å². The molecule has 0 fully saturated rings. The number of nitriles is 1. The molecule has 0 spiro atoms. The Balaban J connectivity index is 2.20. The molecule has 2 rings (SSSR count). The van der Waals surface area contributed by atoms with Crippen LogP contribution in [0.4, 0.5) is 10.5 Å². The first-order chi connectivity index (χ1) is 11.5. The summed E-state index contributed by atoms with van der Waals surface area (Å²) >= 11 is 0. The summed E-state index contributed by atoms with van der Waals surface area (Å²) in [4.78, 5) is 29.1. The fourth-order valence-electron chi connectivity index (χ4n) is 1.97. The second kappa shape index (κ2) is 7.11. The average Bonchev–Trinajstić information content (AvgIpc) is 2.55. The lowest BCUT2D eigenvalue weighted by atomic mass is 10.1. The van der Waals surface area contributed by atoms with Gasteiger partial charge in [-0.15, -0.1) is 0 Å². The van der Waals surface area contributed by atoms with E-state index in [1.54, 1.807) is 30.3 Å². The van der Waals surface area contributed by atoms with Gasteiger partial charge in [0.05, 0.1) is 12.7 Å². The van der Waals surface area contributed by atoms with Crippen LogP contribution in [0.1, 0.15) is 16.7 Å². The number of benzene rings is 1. The standard InChI is InChI=1S/C16H14N4O4/c1-9-12(7-17)14(21)20-15(22)13(9)8-18-16(23)19-10-3-5-11(24-2)6-4-10/h3-6,8H,1-2H3,(H,19,23)(H2,20,21,22)/b18-8+. The molecule has 0 aliphatic heterocycles. The second-order valence-electron chi connectivity index (χ2n) is 4.75. The van der Waals surface area contributed by atoms with Crippen LogP contribution in [0.15, 0.2) is 34.1 Å². The number of carbonyl (C=O) groups excluding carboxylic acids is 1. The van der Waals surface area contributed by atoms with Crippen molar-refractivity contribution < 1.29 is 14.6 Å². The Labute approximate surface area is 137 Å². The van der Waals surface area contributed by atoms with Crippen LogP contribution in [0.25, 0.3) is 0 Å². The molecule has 8 nitrogen and oxygen atoms in total. The number of nitrogens with zero attached hydrogens (tertiary/aromatic N) is 2. The Morgan fingerprint density at radius 1 is 1.42 bits per heavy atom. The first-order valence-corrected chi connectivity index (χ1v) is 6.81. The van der Waals surface area contributed by atoms with Gasteiger partial charge in [0.1, 0.15) is 17.4 Å². The topological polar surface area (TPSA) is 128 Å². The lowest BCUT2D eigenvalue weighted by molar-refractivity contribution is 0.259. The van der Waals surface area contributed by atoms with Crippen LogP contribution >= 0.6 is 0 Å². The van der Waals surface area contributed by atoms with Crippen molar-refractivity contribution in [2.75, 3.05) is 12.4 Å². The average molecular weight is 326 g/mol. The molecule has 0 saturated carbocycles. The van der Waals surface area contributed by atoms with Crippen molar-refractivity contribution >= 4 is 17.9 Å². The third-order valence-corrected chi connectivity index (χ3v) is 3.26. The van der Waals surface area contributed by atoms with Crippen LogP contribution < -0.4 is 15.6 Å². The van der Waals surface area contributed by atoms with Gasteiger partial charge in [0.2, 0.25) is 5.88 Å². The molecule has 0 unspecified atom stereocenters. The summed E-state index contributed by atoms with van der Waals surface area (Å²) < 4.78 is 5.01. The van der Waals surface area contributed by atoms with E-state index >= 15 is 0 Å². The summed E-state index contributed by atoms with van der Waals surface area (Å²) in [6.45, 7) is 1.48. The van der Waals surface area contributed by atoms with Gasteiger partial charge in [0.25, 0.3) is 5.56 Å². The molecule has 0 aliphatic carbocycles. The van der Waals surface area contributed by atoms with Crippen LogP contribution in [0.2, 0.25) is 0 Å². The number of aliphatic imine (C=N–C) groups is 1. The Bertz CT molecular complexity index is 892. The lowest BCUT2D eigenvalue weighted by Crippen LogP contribution is -2.14. The number of rotatable bonds is 3. The molecule has 1 aromatic heterocycles. The minimum atomic E-state index is -0.702. The zero-order valence-electron chi connectivity index (χ0n) is 13.0. The largest absolute Gasteiger partial charge is 0.497 e. The fourth-order valence-corrected chi connectivity index (χ4v) is 1.97. The predicted octanol–water partition coefficient (Wildman–Crippen LogP) is 1.92. The first-order valence-electron chi connectivity index (χ1n) is 6.81. The molecule has 8 heteroatoms. The molecule has 0 aliphatic rings. The lowest BCUT2D eigenvalue weighted by Gasteiger charge is -2.05. The van der Waals surface area contributed by atoms with Gasteiger partial charge in [0, 0.05) is 11.9 Å². The summed E-state index contributed by atoms with van der Waals surface area (Å²) in [7, 11) is 1.53. The van der Waals surface area contributed by atoms with E-state index in [4.69, 9.17) is 10.00 Å². The fraction of sp³-hybridized carbons (Fsp3) is 0.125. The minimum absolute atomic E-state index is 0.0935. The van der Waals surface area contributed by atoms with Crippen molar-refractivity contribution in [1.29, 1.82) is 5.26 Å². The van der Waals surface area contributed by atoms with Crippen molar-refractivity contribution in [1.82, 2.24) is 4.98 Å². The van der Waals surface area contributed by atoms with Gasteiger partial charge < -0.3 is 15.2 Å². The van der Waals surface area contributed by atoms with Crippen LogP contribution in [0.3, 0.4) is 0 Å². The molecule has 24 heavy (non-hydrogen) atoms. The van der Waals surface area contributed by atoms with Crippen molar-refractivity contribution in [3.8, 4) is 17.7 Å². The van der Waals surface area contributed by atoms with Crippen molar-refractivity contribution in [2.45, 2.75) is 6.92 Å². The third kappa shape index (κ3) is 3.59. The molecule has 0 radical (unpaired) electrons. The first kappa shape index (κ1) is 16.8. The maximum atomic E-state index is 11.8. The van der Waals surface area contributed by atoms with Gasteiger partial charge in [-0.05, 0) is 36.8 Å². The number of urea groups is 1. The number of carbonyl (C=O) groups is 1. The van der Waals surface area contributed by atoms with Crippen LogP contribution in [-0.4, -0.2) is 29.4 Å². The normalized spacial score (nSPS) is 10.4.